The number of fused-ring (bicyclic) bond motifs is 1. The fourth-order valence-corrected chi connectivity index (χ4v) is 4.06. The van der Waals surface area contributed by atoms with Crippen LogP contribution in [0.5, 0.6) is 0 Å². The lowest BCUT2D eigenvalue weighted by Gasteiger charge is -2.32. The highest BCUT2D eigenvalue weighted by Crippen LogP contribution is 2.30. The summed E-state index contributed by atoms with van der Waals surface area (Å²) in [6, 6.07) is 17.6. The SMILES string of the molecule is C[C@@H]1CN(CC(=O)N2CCc3ccc(Cc4ccccc4)cc32)CCN1.Cl. The van der Waals surface area contributed by atoms with Gasteiger partial charge in [0, 0.05) is 37.9 Å². The molecular formula is C22H28ClN3O. The normalized spacial score (nSPS) is 19.4. The van der Waals surface area contributed by atoms with Gasteiger partial charge in [-0.3, -0.25) is 9.69 Å². The number of carbonyl (C=O) groups excluding carboxylic acids is 1. The first-order valence-corrected chi connectivity index (χ1v) is 9.61. The quantitative estimate of drug-likeness (QED) is 0.879. The van der Waals surface area contributed by atoms with Crippen molar-refractivity contribution >= 4 is 24.0 Å². The van der Waals surface area contributed by atoms with Gasteiger partial charge in [-0.2, -0.15) is 0 Å². The second-order valence-corrected chi connectivity index (χ2v) is 7.51. The molecule has 0 unspecified atom stereocenters. The third-order valence-corrected chi connectivity index (χ3v) is 5.41. The Bertz CT molecular complexity index is 780. The van der Waals surface area contributed by atoms with E-state index in [2.05, 4.69) is 59.6 Å². The first kappa shape index (κ1) is 19.9. The molecule has 0 bridgehead atoms. The van der Waals surface area contributed by atoms with E-state index < -0.39 is 0 Å². The molecule has 2 aliphatic heterocycles. The van der Waals surface area contributed by atoms with Gasteiger partial charge in [0.15, 0.2) is 0 Å². The molecule has 0 aliphatic carbocycles. The van der Waals surface area contributed by atoms with Gasteiger partial charge in [-0.1, -0.05) is 42.5 Å². The third kappa shape index (κ3) is 4.70. The number of hydrogen-bond acceptors (Lipinski definition) is 3. The first-order valence-electron chi connectivity index (χ1n) is 9.61. The summed E-state index contributed by atoms with van der Waals surface area (Å²) in [6.45, 7) is 6.37. The van der Waals surface area contributed by atoms with Crippen LogP contribution in [0.15, 0.2) is 48.5 Å². The number of anilines is 1. The second-order valence-electron chi connectivity index (χ2n) is 7.51. The number of halogens is 1. The van der Waals surface area contributed by atoms with E-state index in [9.17, 15) is 4.79 Å². The molecule has 1 N–H and O–H groups in total. The van der Waals surface area contributed by atoms with Crippen molar-refractivity contribution in [3.8, 4) is 0 Å². The number of rotatable bonds is 4. The molecule has 2 aromatic rings. The van der Waals surface area contributed by atoms with Crippen LogP contribution in [0.3, 0.4) is 0 Å². The second kappa shape index (κ2) is 8.87. The third-order valence-electron chi connectivity index (χ3n) is 5.41. The van der Waals surface area contributed by atoms with Gasteiger partial charge < -0.3 is 10.2 Å². The van der Waals surface area contributed by atoms with Crippen LogP contribution in [0.4, 0.5) is 5.69 Å². The molecule has 0 saturated carbocycles. The summed E-state index contributed by atoms with van der Waals surface area (Å²) in [7, 11) is 0. The number of benzene rings is 2. The highest BCUT2D eigenvalue weighted by atomic mass is 35.5. The van der Waals surface area contributed by atoms with Crippen LogP contribution >= 0.6 is 12.4 Å². The molecule has 4 rings (SSSR count). The maximum Gasteiger partial charge on any atom is 0.241 e. The van der Waals surface area contributed by atoms with Gasteiger partial charge >= 0.3 is 0 Å². The van der Waals surface area contributed by atoms with Crippen molar-refractivity contribution in [3.63, 3.8) is 0 Å². The van der Waals surface area contributed by atoms with Gasteiger partial charge in [0.1, 0.15) is 0 Å². The number of amides is 1. The van der Waals surface area contributed by atoms with Crippen LogP contribution in [0.1, 0.15) is 23.6 Å². The van der Waals surface area contributed by atoms with Crippen LogP contribution in [0.2, 0.25) is 0 Å². The summed E-state index contributed by atoms with van der Waals surface area (Å²) >= 11 is 0. The molecule has 144 valence electrons. The van der Waals surface area contributed by atoms with Crippen molar-refractivity contribution < 1.29 is 4.79 Å². The van der Waals surface area contributed by atoms with E-state index in [-0.39, 0.29) is 18.3 Å². The Morgan fingerprint density at radius 2 is 1.93 bits per heavy atom. The molecule has 1 atom stereocenters. The van der Waals surface area contributed by atoms with E-state index in [1.807, 2.05) is 11.0 Å². The van der Waals surface area contributed by atoms with Crippen molar-refractivity contribution in [1.82, 2.24) is 10.2 Å². The van der Waals surface area contributed by atoms with E-state index in [1.165, 1.54) is 16.7 Å². The van der Waals surface area contributed by atoms with Crippen molar-refractivity contribution in [3.05, 3.63) is 65.2 Å². The molecule has 4 nitrogen and oxygen atoms in total. The fourth-order valence-electron chi connectivity index (χ4n) is 4.06. The minimum absolute atomic E-state index is 0. The van der Waals surface area contributed by atoms with Crippen LogP contribution < -0.4 is 10.2 Å². The maximum absolute atomic E-state index is 12.9. The lowest BCUT2D eigenvalue weighted by molar-refractivity contribution is -0.119. The zero-order valence-corrected chi connectivity index (χ0v) is 16.7. The molecule has 5 heteroatoms. The summed E-state index contributed by atoms with van der Waals surface area (Å²) in [5.41, 5.74) is 4.99. The molecule has 0 radical (unpaired) electrons. The minimum atomic E-state index is 0. The molecule has 27 heavy (non-hydrogen) atoms. The molecule has 2 heterocycles. The first-order chi connectivity index (χ1) is 12.7. The Morgan fingerprint density at radius 3 is 2.70 bits per heavy atom. The van der Waals surface area contributed by atoms with Crippen molar-refractivity contribution in [2.45, 2.75) is 25.8 Å². The van der Waals surface area contributed by atoms with Gasteiger partial charge in [0.2, 0.25) is 5.91 Å². The Balaban J connectivity index is 0.00000210. The summed E-state index contributed by atoms with van der Waals surface area (Å²) in [5, 5.41) is 3.43. The van der Waals surface area contributed by atoms with Crippen LogP contribution in [0.25, 0.3) is 0 Å². The van der Waals surface area contributed by atoms with E-state index in [4.69, 9.17) is 0 Å². The van der Waals surface area contributed by atoms with E-state index in [0.29, 0.717) is 12.6 Å². The predicted molar refractivity (Wildman–Crippen MR) is 113 cm³/mol. The van der Waals surface area contributed by atoms with E-state index >= 15 is 0 Å². The summed E-state index contributed by atoms with van der Waals surface area (Å²) in [4.78, 5) is 17.2. The molecular weight excluding hydrogens is 358 g/mol. The number of hydrogen-bond donors (Lipinski definition) is 1. The Hall–Kier alpha value is -1.88. The molecule has 0 aromatic heterocycles. The Kier molecular flexibility index (Phi) is 6.53. The maximum atomic E-state index is 12.9. The Morgan fingerprint density at radius 1 is 1.11 bits per heavy atom. The molecule has 2 aromatic carbocycles. The van der Waals surface area contributed by atoms with Crippen molar-refractivity contribution in [2.75, 3.05) is 37.6 Å². The summed E-state index contributed by atoms with van der Waals surface area (Å²) in [6.07, 6.45) is 1.87. The Labute approximate surface area is 168 Å². The number of nitrogens with zero attached hydrogens (tertiary/aromatic N) is 2. The molecule has 2 aliphatic rings. The topological polar surface area (TPSA) is 35.6 Å². The average Bonchev–Trinajstić information content (AvgIpc) is 3.06. The van der Waals surface area contributed by atoms with Crippen LogP contribution in [-0.2, 0) is 17.6 Å². The van der Waals surface area contributed by atoms with Gasteiger partial charge in [0.25, 0.3) is 0 Å². The van der Waals surface area contributed by atoms with Crippen LogP contribution in [0, 0.1) is 0 Å². The van der Waals surface area contributed by atoms with Gasteiger partial charge in [-0.15, -0.1) is 12.4 Å². The zero-order valence-electron chi connectivity index (χ0n) is 15.9. The molecule has 1 saturated heterocycles. The zero-order chi connectivity index (χ0) is 17.9. The number of carbonyl (C=O) groups is 1. The standard InChI is InChI=1S/C22H27N3O.ClH/c1-17-15-24(12-10-23-17)16-22(26)25-11-9-20-8-7-19(14-21(20)25)13-18-5-3-2-4-6-18;/h2-8,14,17,23H,9-13,15-16H2,1H3;1H/t17-;/m1./s1. The average molecular weight is 386 g/mol. The van der Waals surface area contributed by atoms with Crippen molar-refractivity contribution in [2.24, 2.45) is 0 Å². The van der Waals surface area contributed by atoms with Crippen LogP contribution in [-0.4, -0.2) is 49.6 Å². The van der Waals surface area contributed by atoms with E-state index in [1.54, 1.807) is 0 Å². The van der Waals surface area contributed by atoms with E-state index in [0.717, 1.165) is 44.7 Å². The highest BCUT2D eigenvalue weighted by Gasteiger charge is 2.27. The molecule has 1 amide bonds. The van der Waals surface area contributed by atoms with Crippen molar-refractivity contribution in [1.29, 1.82) is 0 Å². The summed E-state index contributed by atoms with van der Waals surface area (Å²) in [5.74, 6) is 0.231. The molecule has 0 spiro atoms. The smallest absolute Gasteiger partial charge is 0.241 e. The minimum Gasteiger partial charge on any atom is -0.312 e. The highest BCUT2D eigenvalue weighted by molar-refractivity contribution is 5.97. The fraction of sp³-hybridized carbons (Fsp3) is 0.409. The molecule has 1 fully saturated rings. The number of piperazine rings is 1. The predicted octanol–water partition coefficient (Wildman–Crippen LogP) is 2.88. The largest absolute Gasteiger partial charge is 0.312 e. The monoisotopic (exact) mass is 385 g/mol. The van der Waals surface area contributed by atoms with Gasteiger partial charge in [-0.25, -0.2) is 0 Å². The lowest BCUT2D eigenvalue weighted by Crippen LogP contribution is -2.52. The number of nitrogens with one attached hydrogen (secondary N) is 1. The van der Waals surface area contributed by atoms with Gasteiger partial charge in [0.05, 0.1) is 6.54 Å². The van der Waals surface area contributed by atoms with Gasteiger partial charge in [-0.05, 0) is 42.5 Å². The lowest BCUT2D eigenvalue weighted by atomic mass is 10.0. The summed E-state index contributed by atoms with van der Waals surface area (Å²) < 4.78 is 0.